The molecule has 1 aromatic carbocycles. The Balaban J connectivity index is 0.00000320. The molecule has 30 heavy (non-hydrogen) atoms. The van der Waals surface area contributed by atoms with Gasteiger partial charge in [0.15, 0.2) is 24.7 Å². The van der Waals surface area contributed by atoms with Crippen molar-refractivity contribution < 1.29 is 30.7 Å². The zero-order valence-corrected chi connectivity index (χ0v) is 19.6. The highest BCUT2D eigenvalue weighted by atomic mass is 79.9. The zero-order chi connectivity index (χ0) is 20.6. The summed E-state index contributed by atoms with van der Waals surface area (Å²) in [5, 5.41) is 0. The standard InChI is InChI=1S/C25H29N2O2.BrH/c1-19(2)7-5-8-20(3)14-16-27-15-6-9-22(18-27)25-26-17-24(29-25)21-10-12-23(28-4)13-11-21;/h6-7,9-15,17-18H,5,8,16H2,1-4H3;1H/q+1;/p-1/b20-14-;. The van der Waals surface area contributed by atoms with E-state index in [9.17, 15) is 0 Å². The maximum absolute atomic E-state index is 6.00. The van der Waals surface area contributed by atoms with Crippen molar-refractivity contribution in [1.29, 1.82) is 0 Å². The summed E-state index contributed by atoms with van der Waals surface area (Å²) in [4.78, 5) is 4.47. The highest BCUT2D eigenvalue weighted by Gasteiger charge is 2.12. The lowest BCUT2D eigenvalue weighted by Gasteiger charge is -2.00. The monoisotopic (exact) mass is 468 g/mol. The van der Waals surface area contributed by atoms with Gasteiger partial charge in [0.1, 0.15) is 11.3 Å². The van der Waals surface area contributed by atoms with Gasteiger partial charge >= 0.3 is 0 Å². The normalized spacial score (nSPS) is 11.0. The predicted octanol–water partition coefficient (Wildman–Crippen LogP) is 3.00. The van der Waals surface area contributed by atoms with Crippen LogP contribution < -0.4 is 26.3 Å². The first-order valence-corrected chi connectivity index (χ1v) is 9.94. The van der Waals surface area contributed by atoms with Gasteiger partial charge in [0, 0.05) is 11.6 Å². The summed E-state index contributed by atoms with van der Waals surface area (Å²) in [6, 6.07) is 11.8. The molecule has 0 aliphatic carbocycles. The number of halogens is 1. The van der Waals surface area contributed by atoms with E-state index in [2.05, 4.69) is 54.9 Å². The summed E-state index contributed by atoms with van der Waals surface area (Å²) in [6.45, 7) is 7.31. The topological polar surface area (TPSA) is 39.1 Å². The second-order valence-electron chi connectivity index (χ2n) is 7.42. The number of benzene rings is 1. The lowest BCUT2D eigenvalue weighted by Crippen LogP contribution is -3.00. The molecule has 3 rings (SSSR count). The summed E-state index contributed by atoms with van der Waals surface area (Å²) in [5.41, 5.74) is 4.71. The number of methoxy groups -OCH3 is 1. The number of hydrogen-bond donors (Lipinski definition) is 0. The van der Waals surface area contributed by atoms with Gasteiger partial charge in [-0.1, -0.05) is 17.2 Å². The number of nitrogens with zero attached hydrogens (tertiary/aromatic N) is 2. The Morgan fingerprint density at radius 1 is 1.07 bits per heavy atom. The largest absolute Gasteiger partial charge is 1.00 e. The smallest absolute Gasteiger partial charge is 0.232 e. The minimum atomic E-state index is 0. The molecule has 158 valence electrons. The van der Waals surface area contributed by atoms with Crippen molar-refractivity contribution in [2.24, 2.45) is 0 Å². The molecule has 0 N–H and O–H groups in total. The van der Waals surface area contributed by atoms with Crippen LogP contribution in [0.25, 0.3) is 22.8 Å². The Bertz CT molecular complexity index is 1000. The van der Waals surface area contributed by atoms with Gasteiger partial charge in [-0.15, -0.1) is 0 Å². The third-order valence-electron chi connectivity index (χ3n) is 4.73. The molecule has 0 aliphatic heterocycles. The van der Waals surface area contributed by atoms with E-state index in [1.807, 2.05) is 36.4 Å². The Morgan fingerprint density at radius 2 is 1.83 bits per heavy atom. The van der Waals surface area contributed by atoms with Crippen LogP contribution in [0.2, 0.25) is 0 Å². The lowest BCUT2D eigenvalue weighted by atomic mass is 10.1. The summed E-state index contributed by atoms with van der Waals surface area (Å²) in [7, 11) is 1.66. The van der Waals surface area contributed by atoms with Crippen LogP contribution in [0.5, 0.6) is 5.75 Å². The number of oxazole rings is 1. The number of pyridine rings is 1. The van der Waals surface area contributed by atoms with Crippen molar-refractivity contribution in [2.45, 2.75) is 40.2 Å². The molecule has 0 spiro atoms. The minimum Gasteiger partial charge on any atom is -1.00 e. The number of hydrogen-bond acceptors (Lipinski definition) is 3. The first kappa shape index (κ1) is 23.6. The van der Waals surface area contributed by atoms with E-state index in [4.69, 9.17) is 9.15 Å². The maximum Gasteiger partial charge on any atom is 0.232 e. The van der Waals surface area contributed by atoms with E-state index in [-0.39, 0.29) is 17.0 Å². The highest BCUT2D eigenvalue weighted by molar-refractivity contribution is 5.61. The van der Waals surface area contributed by atoms with Crippen molar-refractivity contribution in [2.75, 3.05) is 7.11 Å². The maximum atomic E-state index is 6.00. The van der Waals surface area contributed by atoms with Crippen molar-refractivity contribution in [3.05, 3.63) is 78.3 Å². The van der Waals surface area contributed by atoms with E-state index < -0.39 is 0 Å². The fraction of sp³-hybridized carbons (Fsp3) is 0.280. The average Bonchev–Trinajstić information content (AvgIpc) is 3.23. The first-order valence-electron chi connectivity index (χ1n) is 9.94. The van der Waals surface area contributed by atoms with E-state index in [0.29, 0.717) is 5.89 Å². The SMILES string of the molecule is COc1ccc(-c2cnc(-c3ccc[n+](C/C=C(/C)CCC=C(C)C)c3)o2)cc1.[Br-]. The number of allylic oxidation sites excluding steroid dienone is 4. The van der Waals surface area contributed by atoms with Crippen LogP contribution >= 0.6 is 0 Å². The summed E-state index contributed by atoms with van der Waals surface area (Å²) in [6.07, 6.45) is 12.7. The van der Waals surface area contributed by atoms with E-state index >= 15 is 0 Å². The second kappa shape index (κ2) is 11.5. The molecule has 2 heterocycles. The van der Waals surface area contributed by atoms with Crippen molar-refractivity contribution in [3.8, 4) is 28.5 Å². The van der Waals surface area contributed by atoms with E-state index in [0.717, 1.165) is 42.0 Å². The van der Waals surface area contributed by atoms with E-state index in [1.54, 1.807) is 13.3 Å². The molecule has 0 bridgehead atoms. The molecule has 0 radical (unpaired) electrons. The van der Waals surface area contributed by atoms with Crippen LogP contribution in [-0.4, -0.2) is 12.1 Å². The van der Waals surface area contributed by atoms with Crippen LogP contribution in [-0.2, 0) is 6.54 Å². The zero-order valence-electron chi connectivity index (χ0n) is 18.1. The van der Waals surface area contributed by atoms with Gasteiger partial charge in [-0.3, -0.25) is 0 Å². The van der Waals surface area contributed by atoms with Gasteiger partial charge in [-0.25, -0.2) is 9.55 Å². The van der Waals surface area contributed by atoms with Crippen LogP contribution in [0.3, 0.4) is 0 Å². The van der Waals surface area contributed by atoms with E-state index in [1.165, 1.54) is 11.1 Å². The molecule has 5 heteroatoms. The summed E-state index contributed by atoms with van der Waals surface area (Å²) < 4.78 is 13.4. The van der Waals surface area contributed by atoms with Gasteiger partial charge in [0.05, 0.1) is 13.3 Å². The fourth-order valence-corrected chi connectivity index (χ4v) is 3.01. The molecule has 0 saturated carbocycles. The molecular weight excluding hydrogens is 440 g/mol. The first-order chi connectivity index (χ1) is 14.0. The van der Waals surface area contributed by atoms with Crippen LogP contribution in [0.4, 0.5) is 0 Å². The molecular formula is C25H29BrN2O2. The van der Waals surface area contributed by atoms with Crippen LogP contribution in [0.1, 0.15) is 33.6 Å². The molecule has 4 nitrogen and oxygen atoms in total. The Kier molecular flexibility index (Phi) is 9.06. The molecule has 0 saturated heterocycles. The number of rotatable bonds is 8. The third kappa shape index (κ3) is 6.70. The van der Waals surface area contributed by atoms with Gasteiger partial charge in [-0.05, 0) is 70.0 Å². The summed E-state index contributed by atoms with van der Waals surface area (Å²) in [5.74, 6) is 2.18. The Morgan fingerprint density at radius 3 is 2.53 bits per heavy atom. The summed E-state index contributed by atoms with van der Waals surface area (Å²) >= 11 is 0. The van der Waals surface area contributed by atoms with Crippen molar-refractivity contribution >= 4 is 0 Å². The highest BCUT2D eigenvalue weighted by Crippen LogP contribution is 2.26. The minimum absolute atomic E-state index is 0. The van der Waals surface area contributed by atoms with Gasteiger partial charge in [0.2, 0.25) is 5.89 Å². The number of ether oxygens (including phenoxy) is 1. The molecule has 2 aromatic heterocycles. The van der Waals surface area contributed by atoms with Crippen LogP contribution in [0, 0.1) is 0 Å². The van der Waals surface area contributed by atoms with Gasteiger partial charge < -0.3 is 26.1 Å². The average molecular weight is 469 g/mol. The molecule has 0 atom stereocenters. The lowest BCUT2D eigenvalue weighted by molar-refractivity contribution is -0.686. The van der Waals surface area contributed by atoms with Gasteiger partial charge in [-0.2, -0.15) is 0 Å². The molecule has 0 amide bonds. The predicted molar refractivity (Wildman–Crippen MR) is 117 cm³/mol. The molecule has 0 fully saturated rings. The molecule has 0 aliphatic rings. The van der Waals surface area contributed by atoms with Crippen molar-refractivity contribution in [1.82, 2.24) is 4.98 Å². The van der Waals surface area contributed by atoms with Crippen LogP contribution in [0.15, 0.2) is 82.7 Å². The second-order valence-corrected chi connectivity index (χ2v) is 7.42. The van der Waals surface area contributed by atoms with Crippen molar-refractivity contribution in [3.63, 3.8) is 0 Å². The Labute approximate surface area is 189 Å². The number of aromatic nitrogens is 2. The molecule has 0 unspecified atom stereocenters. The quantitative estimate of drug-likeness (QED) is 0.376. The Hall–Kier alpha value is -2.66. The van der Waals surface area contributed by atoms with Gasteiger partial charge in [0.25, 0.3) is 0 Å². The fourth-order valence-electron chi connectivity index (χ4n) is 3.01. The third-order valence-corrected chi connectivity index (χ3v) is 4.73. The molecule has 3 aromatic rings.